The first-order valence-corrected chi connectivity index (χ1v) is 5.82. The Morgan fingerprint density at radius 1 is 1.05 bits per heavy atom. The van der Waals surface area contributed by atoms with Crippen LogP contribution in [0.3, 0.4) is 0 Å². The third-order valence-electron chi connectivity index (χ3n) is 2.81. The Balaban J connectivity index is 3.42. The van der Waals surface area contributed by atoms with Crippen LogP contribution in [0.4, 0.5) is 30.7 Å². The van der Waals surface area contributed by atoms with Crippen LogP contribution >= 0.6 is 0 Å². The number of aliphatic hydroxyl groups excluding tert-OH is 1. The van der Waals surface area contributed by atoms with Gasteiger partial charge in [0.1, 0.15) is 5.82 Å². The van der Waals surface area contributed by atoms with Crippen LogP contribution < -0.4 is 5.73 Å². The lowest BCUT2D eigenvalue weighted by molar-refractivity contribution is -0.144. The van der Waals surface area contributed by atoms with Gasteiger partial charge in [0.05, 0.1) is 11.1 Å². The second kappa shape index (κ2) is 6.18. The van der Waals surface area contributed by atoms with E-state index in [4.69, 9.17) is 10.8 Å². The molecular formula is C12H12F7NO. The minimum Gasteiger partial charge on any atom is -0.396 e. The van der Waals surface area contributed by atoms with E-state index in [1.54, 1.807) is 0 Å². The molecule has 1 aromatic rings. The number of rotatable bonds is 4. The minimum absolute atomic E-state index is 0.00107. The Bertz CT molecular complexity index is 496. The average Bonchev–Trinajstić information content (AvgIpc) is 2.32. The molecule has 0 aliphatic carbocycles. The topological polar surface area (TPSA) is 46.2 Å². The summed E-state index contributed by atoms with van der Waals surface area (Å²) in [6, 6.07) is -1.63. The molecule has 0 saturated carbocycles. The van der Waals surface area contributed by atoms with Crippen molar-refractivity contribution in [1.82, 2.24) is 0 Å². The summed E-state index contributed by atoms with van der Waals surface area (Å²) in [5.41, 5.74) is 0.901. The van der Waals surface area contributed by atoms with E-state index in [1.165, 1.54) is 0 Å². The summed E-state index contributed by atoms with van der Waals surface area (Å²) in [6.07, 6.45) is -10.5. The lowest BCUT2D eigenvalue weighted by Crippen LogP contribution is -2.21. The smallest absolute Gasteiger partial charge is 0.396 e. The molecule has 1 rings (SSSR count). The number of alkyl halides is 6. The highest BCUT2D eigenvalue weighted by atomic mass is 19.4. The average molecular weight is 319 g/mol. The summed E-state index contributed by atoms with van der Waals surface area (Å²) in [7, 11) is 0. The lowest BCUT2D eigenvalue weighted by Gasteiger charge is -2.21. The van der Waals surface area contributed by atoms with E-state index >= 15 is 0 Å². The molecule has 0 spiro atoms. The molecular weight excluding hydrogens is 307 g/mol. The van der Waals surface area contributed by atoms with Gasteiger partial charge < -0.3 is 10.8 Å². The summed E-state index contributed by atoms with van der Waals surface area (Å²) in [5.74, 6) is -1.66. The van der Waals surface area contributed by atoms with Crippen molar-refractivity contribution in [1.29, 1.82) is 0 Å². The summed E-state index contributed by atoms with van der Waals surface area (Å²) < 4.78 is 89.6. The molecule has 0 aliphatic heterocycles. The van der Waals surface area contributed by atoms with Crippen molar-refractivity contribution < 1.29 is 35.8 Å². The van der Waals surface area contributed by atoms with Crippen molar-refractivity contribution in [3.05, 3.63) is 34.6 Å². The Morgan fingerprint density at radius 3 is 2.05 bits per heavy atom. The second-order valence-electron chi connectivity index (χ2n) is 4.39. The molecule has 1 atom stereocenters. The molecule has 0 amide bonds. The molecule has 21 heavy (non-hydrogen) atoms. The van der Waals surface area contributed by atoms with E-state index in [9.17, 15) is 30.7 Å². The molecule has 0 radical (unpaired) electrons. The van der Waals surface area contributed by atoms with Crippen LogP contribution in [0, 0.1) is 5.82 Å². The molecule has 0 unspecified atom stereocenters. The molecule has 0 aliphatic rings. The first kappa shape index (κ1) is 17.7. The normalized spacial score (nSPS) is 14.3. The molecule has 0 saturated heterocycles. The summed E-state index contributed by atoms with van der Waals surface area (Å²) in [4.78, 5) is 0. The molecule has 120 valence electrons. The van der Waals surface area contributed by atoms with E-state index in [2.05, 4.69) is 0 Å². The molecule has 2 nitrogen and oxygen atoms in total. The fourth-order valence-corrected chi connectivity index (χ4v) is 1.85. The quantitative estimate of drug-likeness (QED) is 0.833. The number of halogens is 7. The van der Waals surface area contributed by atoms with Crippen molar-refractivity contribution in [2.75, 3.05) is 6.61 Å². The Kier molecular flexibility index (Phi) is 5.21. The SMILES string of the molecule is N[C@H](CCCO)c1c(F)cc(C(F)(F)F)cc1C(F)(F)F. The van der Waals surface area contributed by atoms with E-state index in [0.29, 0.717) is 0 Å². The van der Waals surface area contributed by atoms with Gasteiger partial charge in [-0.05, 0) is 25.0 Å². The van der Waals surface area contributed by atoms with Crippen molar-refractivity contribution in [2.45, 2.75) is 31.2 Å². The molecule has 0 fully saturated rings. The minimum atomic E-state index is -5.17. The maximum atomic E-state index is 13.7. The number of benzene rings is 1. The first-order chi connectivity index (χ1) is 9.48. The van der Waals surface area contributed by atoms with E-state index in [0.717, 1.165) is 0 Å². The fraction of sp³-hybridized carbons (Fsp3) is 0.500. The first-order valence-electron chi connectivity index (χ1n) is 5.82. The maximum absolute atomic E-state index is 13.7. The highest BCUT2D eigenvalue weighted by molar-refractivity contribution is 5.38. The predicted octanol–water partition coefficient (Wildman–Crippen LogP) is 3.64. The Hall–Kier alpha value is -1.35. The van der Waals surface area contributed by atoms with Gasteiger partial charge in [-0.15, -0.1) is 0 Å². The molecule has 1 aromatic carbocycles. The van der Waals surface area contributed by atoms with Crippen LogP contribution in [0.1, 0.15) is 35.6 Å². The van der Waals surface area contributed by atoms with Crippen molar-refractivity contribution in [3.8, 4) is 0 Å². The predicted molar refractivity (Wildman–Crippen MR) is 59.7 cm³/mol. The summed E-state index contributed by atoms with van der Waals surface area (Å²) >= 11 is 0. The standard InChI is InChI=1S/C12H12F7NO/c13-8-5-6(11(14,15)16)4-7(12(17,18)19)10(8)9(20)2-1-3-21/h4-5,9,21H,1-3,20H2/t9-/m1/s1. The van der Waals surface area contributed by atoms with Gasteiger partial charge in [-0.3, -0.25) is 0 Å². The monoisotopic (exact) mass is 319 g/mol. The molecule has 3 N–H and O–H groups in total. The van der Waals surface area contributed by atoms with Gasteiger partial charge in [0.2, 0.25) is 0 Å². The maximum Gasteiger partial charge on any atom is 0.416 e. The zero-order valence-corrected chi connectivity index (χ0v) is 10.5. The number of nitrogens with two attached hydrogens (primary N) is 1. The largest absolute Gasteiger partial charge is 0.416 e. The van der Waals surface area contributed by atoms with Crippen LogP contribution in [-0.4, -0.2) is 11.7 Å². The second-order valence-corrected chi connectivity index (χ2v) is 4.39. The van der Waals surface area contributed by atoms with Crippen molar-refractivity contribution in [3.63, 3.8) is 0 Å². The highest BCUT2D eigenvalue weighted by Gasteiger charge is 2.40. The van der Waals surface area contributed by atoms with E-state index in [1.807, 2.05) is 0 Å². The number of aliphatic hydroxyl groups is 1. The van der Waals surface area contributed by atoms with Crippen LogP contribution in [-0.2, 0) is 12.4 Å². The van der Waals surface area contributed by atoms with Crippen molar-refractivity contribution in [2.24, 2.45) is 5.73 Å². The van der Waals surface area contributed by atoms with Gasteiger partial charge in [0.25, 0.3) is 0 Å². The van der Waals surface area contributed by atoms with Gasteiger partial charge in [-0.25, -0.2) is 4.39 Å². The van der Waals surface area contributed by atoms with Crippen LogP contribution in [0.2, 0.25) is 0 Å². The highest BCUT2D eigenvalue weighted by Crippen LogP contribution is 2.40. The van der Waals surface area contributed by atoms with Crippen molar-refractivity contribution >= 4 is 0 Å². The molecule has 0 aromatic heterocycles. The van der Waals surface area contributed by atoms with Gasteiger partial charge in [-0.1, -0.05) is 0 Å². The summed E-state index contributed by atoms with van der Waals surface area (Å²) in [5, 5.41) is 8.59. The number of hydrogen-bond acceptors (Lipinski definition) is 2. The van der Waals surface area contributed by atoms with Gasteiger partial charge in [0.15, 0.2) is 0 Å². The fourth-order valence-electron chi connectivity index (χ4n) is 1.85. The molecule has 9 heteroatoms. The zero-order chi connectivity index (χ0) is 16.4. The van der Waals surface area contributed by atoms with E-state index < -0.39 is 40.9 Å². The molecule has 0 bridgehead atoms. The van der Waals surface area contributed by atoms with E-state index in [-0.39, 0.29) is 31.6 Å². The Morgan fingerprint density at radius 2 is 1.62 bits per heavy atom. The van der Waals surface area contributed by atoms with Gasteiger partial charge in [-0.2, -0.15) is 26.3 Å². The van der Waals surface area contributed by atoms with Crippen LogP contribution in [0.25, 0.3) is 0 Å². The van der Waals surface area contributed by atoms with Crippen LogP contribution in [0.5, 0.6) is 0 Å². The third kappa shape index (κ3) is 4.31. The Labute approximate surface area is 115 Å². The molecule has 0 heterocycles. The van der Waals surface area contributed by atoms with Crippen LogP contribution in [0.15, 0.2) is 12.1 Å². The number of hydrogen-bond donors (Lipinski definition) is 2. The van der Waals surface area contributed by atoms with Gasteiger partial charge in [0, 0.05) is 18.2 Å². The third-order valence-corrected chi connectivity index (χ3v) is 2.81. The summed E-state index contributed by atoms with van der Waals surface area (Å²) in [6.45, 7) is -0.378. The zero-order valence-electron chi connectivity index (χ0n) is 10.5. The van der Waals surface area contributed by atoms with Gasteiger partial charge >= 0.3 is 12.4 Å². The lowest BCUT2D eigenvalue weighted by atomic mass is 9.94.